The van der Waals surface area contributed by atoms with E-state index < -0.39 is 0 Å². The minimum atomic E-state index is 0.618. The molecule has 0 aliphatic carbocycles. The first kappa shape index (κ1) is 10.8. The Balaban J connectivity index is 1.93. The number of furan rings is 1. The molecule has 0 aliphatic heterocycles. The van der Waals surface area contributed by atoms with Gasteiger partial charge in [0.15, 0.2) is 0 Å². The lowest BCUT2D eigenvalue weighted by Gasteiger charge is -2.07. The second-order valence-corrected chi connectivity index (χ2v) is 4.18. The van der Waals surface area contributed by atoms with Crippen molar-refractivity contribution in [2.24, 2.45) is 0 Å². The molecule has 1 N–H and O–H groups in total. The van der Waals surface area contributed by atoms with E-state index >= 15 is 0 Å². The van der Waals surface area contributed by atoms with Gasteiger partial charge in [-0.05, 0) is 31.2 Å². The summed E-state index contributed by atoms with van der Waals surface area (Å²) in [5.74, 6) is 1.72. The highest BCUT2D eigenvalue weighted by Gasteiger charge is 2.04. The van der Waals surface area contributed by atoms with Crippen LogP contribution in [-0.2, 0) is 6.54 Å². The van der Waals surface area contributed by atoms with Gasteiger partial charge in [-0.2, -0.15) is 0 Å². The van der Waals surface area contributed by atoms with Crippen LogP contribution in [-0.4, -0.2) is 9.97 Å². The maximum Gasteiger partial charge on any atom is 0.137 e. The number of benzene rings is 1. The van der Waals surface area contributed by atoms with Gasteiger partial charge in [0.2, 0.25) is 0 Å². The largest absolute Gasteiger partial charge is 0.467 e. The summed E-state index contributed by atoms with van der Waals surface area (Å²) in [4.78, 5) is 8.54. The molecule has 90 valence electrons. The van der Waals surface area contributed by atoms with E-state index in [0.29, 0.717) is 6.54 Å². The van der Waals surface area contributed by atoms with Crippen LogP contribution in [0.4, 0.5) is 5.82 Å². The Kier molecular flexibility index (Phi) is 2.68. The highest BCUT2D eigenvalue weighted by molar-refractivity contribution is 5.89. The molecule has 4 heteroatoms. The van der Waals surface area contributed by atoms with Crippen LogP contribution >= 0.6 is 0 Å². The molecule has 0 bridgehead atoms. The fraction of sp³-hybridized carbons (Fsp3) is 0.143. The van der Waals surface area contributed by atoms with Crippen LogP contribution in [0, 0.1) is 6.92 Å². The van der Waals surface area contributed by atoms with E-state index in [1.165, 1.54) is 5.56 Å². The van der Waals surface area contributed by atoms with Gasteiger partial charge in [0.1, 0.15) is 17.9 Å². The van der Waals surface area contributed by atoms with Crippen LogP contribution in [0.1, 0.15) is 11.3 Å². The number of aryl methyl sites for hydroxylation is 1. The van der Waals surface area contributed by atoms with Crippen LogP contribution in [0.2, 0.25) is 0 Å². The Labute approximate surface area is 105 Å². The third-order valence-electron chi connectivity index (χ3n) is 2.80. The molecule has 2 aromatic heterocycles. The second-order valence-electron chi connectivity index (χ2n) is 4.18. The van der Waals surface area contributed by atoms with Crippen molar-refractivity contribution in [1.29, 1.82) is 0 Å². The van der Waals surface area contributed by atoms with Crippen LogP contribution in [0.15, 0.2) is 47.3 Å². The molecule has 3 aromatic rings. The maximum atomic E-state index is 5.29. The maximum absolute atomic E-state index is 5.29. The van der Waals surface area contributed by atoms with Crippen molar-refractivity contribution in [3.63, 3.8) is 0 Å². The minimum Gasteiger partial charge on any atom is -0.467 e. The van der Waals surface area contributed by atoms with Gasteiger partial charge in [-0.25, -0.2) is 9.97 Å². The summed E-state index contributed by atoms with van der Waals surface area (Å²) in [6, 6.07) is 9.94. The molecule has 0 aliphatic rings. The van der Waals surface area contributed by atoms with Gasteiger partial charge in [0.25, 0.3) is 0 Å². The molecule has 3 rings (SSSR count). The van der Waals surface area contributed by atoms with Crippen LogP contribution in [0.5, 0.6) is 0 Å². The van der Waals surface area contributed by atoms with Gasteiger partial charge < -0.3 is 9.73 Å². The van der Waals surface area contributed by atoms with Crippen molar-refractivity contribution in [3.8, 4) is 0 Å². The van der Waals surface area contributed by atoms with E-state index in [2.05, 4.69) is 28.3 Å². The lowest BCUT2D eigenvalue weighted by Crippen LogP contribution is -2.01. The highest BCUT2D eigenvalue weighted by atomic mass is 16.3. The third-order valence-corrected chi connectivity index (χ3v) is 2.80. The second kappa shape index (κ2) is 4.49. The number of anilines is 1. The van der Waals surface area contributed by atoms with Gasteiger partial charge >= 0.3 is 0 Å². The molecule has 0 unspecified atom stereocenters. The predicted octanol–water partition coefficient (Wildman–Crippen LogP) is 3.14. The number of aromatic nitrogens is 2. The predicted molar refractivity (Wildman–Crippen MR) is 70.3 cm³/mol. The standard InChI is InChI=1S/C14H13N3O/c1-10-4-5-13-12(7-10)14(17-9-16-13)15-8-11-3-2-6-18-11/h2-7,9H,8H2,1H3,(H,15,16,17). The fourth-order valence-corrected chi connectivity index (χ4v) is 1.90. The molecule has 2 heterocycles. The zero-order valence-corrected chi connectivity index (χ0v) is 10.1. The summed E-state index contributed by atoms with van der Waals surface area (Å²) in [6.45, 7) is 2.68. The molecule has 4 nitrogen and oxygen atoms in total. The first-order chi connectivity index (χ1) is 8.83. The summed E-state index contributed by atoms with van der Waals surface area (Å²) < 4.78 is 5.29. The van der Waals surface area contributed by atoms with Crippen molar-refractivity contribution in [2.75, 3.05) is 5.32 Å². The lowest BCUT2D eigenvalue weighted by molar-refractivity contribution is 0.518. The summed E-state index contributed by atoms with van der Waals surface area (Å²) >= 11 is 0. The number of nitrogens with one attached hydrogen (secondary N) is 1. The highest BCUT2D eigenvalue weighted by Crippen LogP contribution is 2.20. The Morgan fingerprint density at radius 2 is 2.17 bits per heavy atom. The van der Waals surface area contributed by atoms with Crippen molar-refractivity contribution >= 4 is 16.7 Å². The van der Waals surface area contributed by atoms with Gasteiger partial charge in [-0.1, -0.05) is 11.6 Å². The zero-order valence-electron chi connectivity index (χ0n) is 10.1. The average Bonchev–Trinajstić information content (AvgIpc) is 2.89. The van der Waals surface area contributed by atoms with E-state index in [4.69, 9.17) is 4.42 Å². The van der Waals surface area contributed by atoms with Crippen LogP contribution in [0.25, 0.3) is 10.9 Å². The third kappa shape index (κ3) is 2.05. The quantitative estimate of drug-likeness (QED) is 0.762. The molecule has 0 saturated heterocycles. The molecule has 0 saturated carbocycles. The fourth-order valence-electron chi connectivity index (χ4n) is 1.90. The number of fused-ring (bicyclic) bond motifs is 1. The van der Waals surface area contributed by atoms with Crippen LogP contribution in [0.3, 0.4) is 0 Å². The number of nitrogens with zero attached hydrogens (tertiary/aromatic N) is 2. The van der Waals surface area contributed by atoms with Crippen molar-refractivity contribution < 1.29 is 4.42 Å². The Morgan fingerprint density at radius 1 is 1.22 bits per heavy atom. The molecule has 18 heavy (non-hydrogen) atoms. The van der Waals surface area contributed by atoms with Gasteiger partial charge in [0.05, 0.1) is 18.3 Å². The molecule has 0 amide bonds. The SMILES string of the molecule is Cc1ccc2ncnc(NCc3ccco3)c2c1. The summed E-state index contributed by atoms with van der Waals surface area (Å²) in [5, 5.41) is 4.30. The van der Waals surface area contributed by atoms with Gasteiger partial charge in [-0.3, -0.25) is 0 Å². The van der Waals surface area contributed by atoms with Gasteiger partial charge in [-0.15, -0.1) is 0 Å². The molecule has 0 radical (unpaired) electrons. The van der Waals surface area contributed by atoms with Crippen molar-refractivity contribution in [2.45, 2.75) is 13.5 Å². The summed E-state index contributed by atoms with van der Waals surface area (Å²) in [5.41, 5.74) is 2.14. The molecule has 1 aromatic carbocycles. The lowest BCUT2D eigenvalue weighted by atomic mass is 10.1. The van der Waals surface area contributed by atoms with Crippen molar-refractivity contribution in [1.82, 2.24) is 9.97 Å². The van der Waals surface area contributed by atoms with E-state index in [1.54, 1.807) is 12.6 Å². The molecule has 0 fully saturated rings. The van der Waals surface area contributed by atoms with Crippen molar-refractivity contribution in [3.05, 3.63) is 54.2 Å². The van der Waals surface area contributed by atoms with E-state index in [0.717, 1.165) is 22.5 Å². The average molecular weight is 239 g/mol. The molecule has 0 atom stereocenters. The monoisotopic (exact) mass is 239 g/mol. The van der Waals surface area contributed by atoms with Gasteiger partial charge in [0, 0.05) is 5.39 Å². The normalized spacial score (nSPS) is 10.7. The summed E-state index contributed by atoms with van der Waals surface area (Å²) in [7, 11) is 0. The number of hydrogen-bond acceptors (Lipinski definition) is 4. The molecular formula is C14H13N3O. The number of rotatable bonds is 3. The van der Waals surface area contributed by atoms with E-state index in [9.17, 15) is 0 Å². The van der Waals surface area contributed by atoms with E-state index in [-0.39, 0.29) is 0 Å². The smallest absolute Gasteiger partial charge is 0.137 e. The van der Waals surface area contributed by atoms with E-state index in [1.807, 2.05) is 24.3 Å². The number of hydrogen-bond donors (Lipinski definition) is 1. The topological polar surface area (TPSA) is 51.0 Å². The Hall–Kier alpha value is -2.36. The Bertz CT molecular complexity index is 662. The Morgan fingerprint density at radius 3 is 3.00 bits per heavy atom. The van der Waals surface area contributed by atoms with Crippen LogP contribution < -0.4 is 5.32 Å². The molecular weight excluding hydrogens is 226 g/mol. The summed E-state index contributed by atoms with van der Waals surface area (Å²) in [6.07, 6.45) is 3.24. The molecule has 0 spiro atoms. The first-order valence-corrected chi connectivity index (χ1v) is 5.80. The minimum absolute atomic E-state index is 0.618. The first-order valence-electron chi connectivity index (χ1n) is 5.80. The zero-order chi connectivity index (χ0) is 12.4.